The van der Waals surface area contributed by atoms with Gasteiger partial charge in [0, 0.05) is 25.7 Å². The second kappa shape index (κ2) is 7.47. The number of hydrogen-bond acceptors (Lipinski definition) is 4. The van der Waals surface area contributed by atoms with Crippen molar-refractivity contribution in [2.75, 3.05) is 19.6 Å². The van der Waals surface area contributed by atoms with Crippen molar-refractivity contribution >= 4 is 12.1 Å². The number of hydrogen-bond donors (Lipinski definition) is 2. The van der Waals surface area contributed by atoms with Crippen LogP contribution in [0.25, 0.3) is 0 Å². The lowest BCUT2D eigenvalue weighted by Crippen LogP contribution is -2.38. The van der Waals surface area contributed by atoms with Crippen molar-refractivity contribution in [3.8, 4) is 0 Å². The quantitative estimate of drug-likeness (QED) is 0.824. The first-order chi connectivity index (χ1) is 9.28. The van der Waals surface area contributed by atoms with Gasteiger partial charge in [-0.2, -0.15) is 0 Å². The van der Waals surface area contributed by atoms with Crippen LogP contribution in [-0.2, 0) is 9.53 Å². The van der Waals surface area contributed by atoms with Crippen LogP contribution in [0.15, 0.2) is 0 Å². The molecular weight excluding hydrogens is 260 g/mol. The van der Waals surface area contributed by atoms with Crippen LogP contribution in [0.1, 0.15) is 46.5 Å². The summed E-state index contributed by atoms with van der Waals surface area (Å²) < 4.78 is 5.37. The zero-order valence-electron chi connectivity index (χ0n) is 12.6. The lowest BCUT2D eigenvalue weighted by Gasteiger charge is -2.26. The van der Waals surface area contributed by atoms with E-state index in [0.29, 0.717) is 19.6 Å². The highest BCUT2D eigenvalue weighted by atomic mass is 16.6. The third kappa shape index (κ3) is 6.75. The molecule has 0 aromatic rings. The smallest absolute Gasteiger partial charge is 0.410 e. The molecule has 2 N–H and O–H groups in total. The number of ether oxygens (including phenoxy) is 1. The van der Waals surface area contributed by atoms with E-state index in [4.69, 9.17) is 9.84 Å². The maximum atomic E-state index is 12.0. The van der Waals surface area contributed by atoms with Crippen LogP contribution in [0.5, 0.6) is 0 Å². The summed E-state index contributed by atoms with van der Waals surface area (Å²) in [6.45, 7) is 7.41. The Balaban J connectivity index is 2.35. The predicted molar refractivity (Wildman–Crippen MR) is 75.7 cm³/mol. The maximum Gasteiger partial charge on any atom is 0.410 e. The molecular formula is C14H26N2O4. The number of carboxylic acid groups (broad SMARTS) is 1. The molecule has 1 saturated heterocycles. The fourth-order valence-corrected chi connectivity index (χ4v) is 2.19. The molecule has 1 fully saturated rings. The molecule has 0 bridgehead atoms. The second-order valence-electron chi connectivity index (χ2n) is 6.19. The number of amides is 1. The topological polar surface area (TPSA) is 78.9 Å². The summed E-state index contributed by atoms with van der Waals surface area (Å²) in [5.74, 6) is -0.790. The van der Waals surface area contributed by atoms with Gasteiger partial charge < -0.3 is 20.1 Å². The summed E-state index contributed by atoms with van der Waals surface area (Å²) in [4.78, 5) is 24.2. The van der Waals surface area contributed by atoms with E-state index in [1.54, 1.807) is 4.90 Å². The summed E-state index contributed by atoms with van der Waals surface area (Å²) in [5.41, 5.74) is -0.470. The van der Waals surface area contributed by atoms with Crippen molar-refractivity contribution in [3.63, 3.8) is 0 Å². The van der Waals surface area contributed by atoms with E-state index < -0.39 is 11.6 Å². The van der Waals surface area contributed by atoms with Gasteiger partial charge in [-0.25, -0.2) is 4.79 Å². The Labute approximate surface area is 120 Å². The van der Waals surface area contributed by atoms with Gasteiger partial charge in [-0.15, -0.1) is 0 Å². The standard InChI is InChI=1S/C14H26N2O4/c1-14(2,3)20-13(19)16-9-4-5-11(7-10-16)15-8-6-12(17)18/h11,15H,4-10H2,1-3H3,(H,17,18). The monoisotopic (exact) mass is 286 g/mol. The number of carboxylic acids is 1. The van der Waals surface area contributed by atoms with E-state index in [0.717, 1.165) is 19.3 Å². The molecule has 1 amide bonds. The highest BCUT2D eigenvalue weighted by Gasteiger charge is 2.24. The molecule has 0 aromatic heterocycles. The van der Waals surface area contributed by atoms with Crippen LogP contribution in [0.4, 0.5) is 4.79 Å². The van der Waals surface area contributed by atoms with E-state index in [-0.39, 0.29) is 18.6 Å². The summed E-state index contributed by atoms with van der Waals surface area (Å²) in [6, 6.07) is 0.279. The highest BCUT2D eigenvalue weighted by molar-refractivity contribution is 5.68. The molecule has 1 heterocycles. The van der Waals surface area contributed by atoms with Gasteiger partial charge in [0.2, 0.25) is 0 Å². The minimum Gasteiger partial charge on any atom is -0.481 e. The lowest BCUT2D eigenvalue weighted by atomic mass is 10.1. The van der Waals surface area contributed by atoms with Crippen LogP contribution < -0.4 is 5.32 Å². The lowest BCUT2D eigenvalue weighted by molar-refractivity contribution is -0.136. The maximum absolute atomic E-state index is 12.0. The van der Waals surface area contributed by atoms with Crippen molar-refractivity contribution in [1.82, 2.24) is 10.2 Å². The molecule has 1 atom stereocenters. The van der Waals surface area contributed by atoms with Gasteiger partial charge in [-0.1, -0.05) is 0 Å². The third-order valence-electron chi connectivity index (χ3n) is 3.15. The molecule has 116 valence electrons. The fourth-order valence-electron chi connectivity index (χ4n) is 2.19. The average molecular weight is 286 g/mol. The second-order valence-corrected chi connectivity index (χ2v) is 6.19. The molecule has 0 radical (unpaired) electrons. The minimum absolute atomic E-state index is 0.131. The Morgan fingerprint density at radius 2 is 2.00 bits per heavy atom. The van der Waals surface area contributed by atoms with Gasteiger partial charge in [0.1, 0.15) is 5.60 Å². The molecule has 6 nitrogen and oxygen atoms in total. The van der Waals surface area contributed by atoms with Crippen LogP contribution in [0.3, 0.4) is 0 Å². The highest BCUT2D eigenvalue weighted by Crippen LogP contribution is 2.15. The number of nitrogens with one attached hydrogen (secondary N) is 1. The van der Waals surface area contributed by atoms with E-state index in [1.165, 1.54) is 0 Å². The molecule has 20 heavy (non-hydrogen) atoms. The number of aliphatic carboxylic acids is 1. The first-order valence-electron chi connectivity index (χ1n) is 7.21. The molecule has 1 unspecified atom stereocenters. The molecule has 1 aliphatic heterocycles. The molecule has 1 rings (SSSR count). The fraction of sp³-hybridized carbons (Fsp3) is 0.857. The Morgan fingerprint density at radius 1 is 1.30 bits per heavy atom. The molecule has 0 spiro atoms. The van der Waals surface area contributed by atoms with Gasteiger partial charge in [0.05, 0.1) is 6.42 Å². The van der Waals surface area contributed by atoms with Crippen LogP contribution in [0, 0.1) is 0 Å². The Kier molecular flexibility index (Phi) is 6.26. The van der Waals surface area contributed by atoms with E-state index in [2.05, 4.69) is 5.32 Å². The first-order valence-corrected chi connectivity index (χ1v) is 7.21. The van der Waals surface area contributed by atoms with Gasteiger partial charge >= 0.3 is 12.1 Å². The summed E-state index contributed by atoms with van der Waals surface area (Å²) in [5, 5.41) is 11.9. The summed E-state index contributed by atoms with van der Waals surface area (Å²) in [6.07, 6.45) is 2.57. The summed E-state index contributed by atoms with van der Waals surface area (Å²) >= 11 is 0. The molecule has 0 aliphatic carbocycles. The number of rotatable bonds is 4. The molecule has 1 aliphatic rings. The molecule has 6 heteroatoms. The van der Waals surface area contributed by atoms with Crippen molar-refractivity contribution in [3.05, 3.63) is 0 Å². The first kappa shape index (κ1) is 16.8. The normalized spacial score (nSPS) is 20.4. The van der Waals surface area contributed by atoms with Crippen LogP contribution >= 0.6 is 0 Å². The van der Waals surface area contributed by atoms with Crippen molar-refractivity contribution in [2.24, 2.45) is 0 Å². The van der Waals surface area contributed by atoms with E-state index >= 15 is 0 Å². The minimum atomic E-state index is -0.790. The van der Waals surface area contributed by atoms with Gasteiger partial charge in [0.15, 0.2) is 0 Å². The number of nitrogens with zero attached hydrogens (tertiary/aromatic N) is 1. The van der Waals surface area contributed by atoms with Crippen LogP contribution in [0.2, 0.25) is 0 Å². The van der Waals surface area contributed by atoms with E-state index in [9.17, 15) is 9.59 Å². The number of carbonyl (C=O) groups excluding carboxylic acids is 1. The SMILES string of the molecule is CC(C)(C)OC(=O)N1CCCC(NCCC(=O)O)CC1. The van der Waals surface area contributed by atoms with Gasteiger partial charge in [-0.05, 0) is 40.0 Å². The van der Waals surface area contributed by atoms with Crippen molar-refractivity contribution in [2.45, 2.75) is 58.1 Å². The zero-order valence-corrected chi connectivity index (χ0v) is 12.6. The van der Waals surface area contributed by atoms with Gasteiger partial charge in [-0.3, -0.25) is 4.79 Å². The molecule has 0 aromatic carbocycles. The van der Waals surface area contributed by atoms with Crippen molar-refractivity contribution in [1.29, 1.82) is 0 Å². The van der Waals surface area contributed by atoms with E-state index in [1.807, 2.05) is 20.8 Å². The number of carbonyl (C=O) groups is 2. The van der Waals surface area contributed by atoms with Crippen LogP contribution in [-0.4, -0.2) is 53.3 Å². The largest absolute Gasteiger partial charge is 0.481 e. The zero-order chi connectivity index (χ0) is 15.2. The Hall–Kier alpha value is -1.30. The Morgan fingerprint density at radius 3 is 2.60 bits per heavy atom. The predicted octanol–water partition coefficient (Wildman–Crippen LogP) is 1.84. The average Bonchev–Trinajstić information content (AvgIpc) is 2.52. The number of likely N-dealkylation sites (tertiary alicyclic amines) is 1. The van der Waals surface area contributed by atoms with Gasteiger partial charge in [0.25, 0.3) is 0 Å². The molecule has 0 saturated carbocycles. The Bertz CT molecular complexity index is 339. The summed E-state index contributed by atoms with van der Waals surface area (Å²) in [7, 11) is 0. The third-order valence-corrected chi connectivity index (χ3v) is 3.15. The van der Waals surface area contributed by atoms with Crippen molar-refractivity contribution < 1.29 is 19.4 Å².